The summed E-state index contributed by atoms with van der Waals surface area (Å²) in [5.74, 6) is -1.53. The van der Waals surface area contributed by atoms with Gasteiger partial charge in [0.15, 0.2) is 0 Å². The molecule has 0 bridgehead atoms. The monoisotopic (exact) mass is 436 g/mol. The number of rotatable bonds is 5. The van der Waals surface area contributed by atoms with E-state index in [2.05, 4.69) is 60.9 Å². The zero-order valence-electron chi connectivity index (χ0n) is 13.7. The van der Waals surface area contributed by atoms with Crippen molar-refractivity contribution in [2.75, 3.05) is 6.61 Å². The molecule has 2 rings (SSSR count). The summed E-state index contributed by atoms with van der Waals surface area (Å²) in [6, 6.07) is 9.11. The first kappa shape index (κ1) is 18.9. The number of allylic oxidation sites excluding steroid dienone is 1. The van der Waals surface area contributed by atoms with Crippen molar-refractivity contribution in [3.8, 4) is 0 Å². The molecule has 22 heavy (non-hydrogen) atoms. The molecule has 2 nitrogen and oxygen atoms in total. The molecule has 123 valence electrons. The maximum atomic E-state index is 9.46. The third kappa shape index (κ3) is 3.63. The van der Waals surface area contributed by atoms with Crippen LogP contribution in [0, 0.1) is 0 Å². The molecule has 0 heterocycles. The third-order valence-corrected chi connectivity index (χ3v) is 50.0. The Balaban J connectivity index is 2.53. The molecule has 0 radical (unpaired) electrons. The summed E-state index contributed by atoms with van der Waals surface area (Å²) < 4.78 is 3.81. The van der Waals surface area contributed by atoms with Crippen LogP contribution in [-0.4, -0.2) is 23.2 Å². The van der Waals surface area contributed by atoms with E-state index in [1.54, 1.807) is 0 Å². The number of halogens is 2. The number of aliphatic hydroxyl groups is 1. The van der Waals surface area contributed by atoms with Gasteiger partial charge in [-0.1, -0.05) is 0 Å². The molecule has 1 aromatic rings. The van der Waals surface area contributed by atoms with Crippen molar-refractivity contribution < 1.29 is 21.0 Å². The average Bonchev–Trinajstić information content (AvgIpc) is 2.81. The molecule has 2 unspecified atom stereocenters. The second kappa shape index (κ2) is 6.46. The van der Waals surface area contributed by atoms with Gasteiger partial charge in [-0.25, -0.2) is 0 Å². The number of nitrogens with one attached hydrogen (secondary N) is 1. The van der Waals surface area contributed by atoms with Crippen LogP contribution in [0.4, 0.5) is 0 Å². The van der Waals surface area contributed by atoms with Crippen LogP contribution >= 0.6 is 17.0 Å². The fourth-order valence-corrected chi connectivity index (χ4v) is 37.2. The van der Waals surface area contributed by atoms with Crippen LogP contribution < -0.4 is 3.26 Å². The Morgan fingerprint density at radius 1 is 1.27 bits per heavy atom. The maximum absolute atomic E-state index is 9.46. The molecule has 0 spiro atoms. The van der Waals surface area contributed by atoms with Crippen molar-refractivity contribution in [3.63, 3.8) is 0 Å². The van der Waals surface area contributed by atoms with Crippen LogP contribution in [0.3, 0.4) is 0 Å². The number of aliphatic hydroxyl groups excluding tert-OH is 1. The van der Waals surface area contributed by atoms with Gasteiger partial charge in [-0.2, -0.15) is 0 Å². The summed E-state index contributed by atoms with van der Waals surface area (Å²) in [6.45, 7) is 8.75. The molecule has 0 aliphatic heterocycles. The number of hydrogen-bond acceptors (Lipinski definition) is 2. The predicted octanol–water partition coefficient (Wildman–Crippen LogP) is 4.40. The molecular weight excluding hydrogens is 412 g/mol. The standard InChI is InChI=1S/C9H7.C4H10N.C3H9OSi.2ClH.Zr/c1-2-5-9-7-3-6-8(9)4-1;1-4(2,3)5;1-5-3-2-4;;;/h1-7H;5H,1-3H3;4-5H,2-3H2,1H3;2*1H;/q;-1;;;;+3/p-2. The quantitative estimate of drug-likeness (QED) is 0.668. The van der Waals surface area contributed by atoms with Gasteiger partial charge in [0.1, 0.15) is 0 Å². The number of fused-ring (bicyclic) bond motifs is 1. The normalized spacial score (nSPS) is 21.2. The van der Waals surface area contributed by atoms with Gasteiger partial charge in [0.25, 0.3) is 0 Å². The molecule has 1 aromatic carbocycles. The first-order chi connectivity index (χ1) is 10.1. The Bertz CT molecular complexity index is 586. The van der Waals surface area contributed by atoms with E-state index in [1.807, 2.05) is 6.07 Å². The Labute approximate surface area is 143 Å². The zero-order valence-corrected chi connectivity index (χ0v) is 18.9. The van der Waals surface area contributed by atoms with E-state index < -0.39 is 21.8 Å². The third-order valence-electron chi connectivity index (χ3n) is 4.45. The summed E-state index contributed by atoms with van der Waals surface area (Å²) in [7, 11) is 14.8. The molecule has 0 amide bonds. The summed E-state index contributed by atoms with van der Waals surface area (Å²) in [4.78, 5) is 0. The molecule has 0 aromatic heterocycles. The second-order valence-electron chi connectivity index (χ2n) is 7.41. The fourth-order valence-electron chi connectivity index (χ4n) is 3.39. The van der Waals surface area contributed by atoms with Crippen molar-refractivity contribution in [2.24, 2.45) is 0 Å². The molecule has 2 atom stereocenters. The molecule has 0 saturated carbocycles. The van der Waals surface area contributed by atoms with E-state index in [1.165, 1.54) is 11.1 Å². The number of hydrogen-bond donors (Lipinski definition) is 2. The predicted molar refractivity (Wildman–Crippen MR) is 97.7 cm³/mol. The summed E-state index contributed by atoms with van der Waals surface area (Å²) >= 11 is -4.31. The van der Waals surface area contributed by atoms with Crippen molar-refractivity contribution in [2.45, 2.75) is 42.5 Å². The van der Waals surface area contributed by atoms with E-state index in [-0.39, 0.29) is 15.8 Å². The number of benzene rings is 1. The van der Waals surface area contributed by atoms with Gasteiger partial charge >= 0.3 is 144 Å². The molecule has 1 aliphatic rings. The Morgan fingerprint density at radius 3 is 2.50 bits per heavy atom. The molecule has 0 fully saturated rings. The molecule has 6 heteroatoms. The van der Waals surface area contributed by atoms with Crippen molar-refractivity contribution in [1.29, 1.82) is 0 Å². The van der Waals surface area contributed by atoms with Crippen molar-refractivity contribution in [1.82, 2.24) is 3.26 Å². The van der Waals surface area contributed by atoms with E-state index in [4.69, 9.17) is 17.0 Å². The first-order valence-corrected chi connectivity index (χ1v) is 23.6. The van der Waals surface area contributed by atoms with Gasteiger partial charge in [-0.3, -0.25) is 0 Å². The van der Waals surface area contributed by atoms with E-state index in [0.717, 1.165) is 6.04 Å². The Kier molecular flexibility index (Phi) is 5.55. The minimum absolute atomic E-state index is 0.0911. The van der Waals surface area contributed by atoms with Crippen LogP contribution in [0.5, 0.6) is 0 Å². The van der Waals surface area contributed by atoms with Crippen LogP contribution in [0.15, 0.2) is 30.3 Å². The fraction of sp³-hybridized carbons (Fsp3) is 0.500. The van der Waals surface area contributed by atoms with Gasteiger partial charge in [-0.05, 0) is 0 Å². The summed E-state index contributed by atoms with van der Waals surface area (Å²) in [5, 5.41) is 9.46. The van der Waals surface area contributed by atoms with E-state index in [0.29, 0.717) is 0 Å². The molecular formula is C16H26Cl2NOSiZr. The summed E-state index contributed by atoms with van der Waals surface area (Å²) in [6.07, 6.45) is 4.33. The van der Waals surface area contributed by atoms with Crippen LogP contribution in [0.1, 0.15) is 35.5 Å². The van der Waals surface area contributed by atoms with Crippen LogP contribution in [0.2, 0.25) is 12.6 Å². The van der Waals surface area contributed by atoms with Gasteiger partial charge in [0.05, 0.1) is 0 Å². The van der Waals surface area contributed by atoms with E-state index in [9.17, 15) is 5.11 Å². The molecule has 1 aliphatic carbocycles. The van der Waals surface area contributed by atoms with Crippen molar-refractivity contribution >= 4 is 29.0 Å². The van der Waals surface area contributed by atoms with E-state index >= 15 is 0 Å². The van der Waals surface area contributed by atoms with Crippen LogP contribution in [-0.2, 0) is 15.8 Å². The van der Waals surface area contributed by atoms with Gasteiger partial charge in [-0.15, -0.1) is 0 Å². The second-order valence-corrected chi connectivity index (χ2v) is 47.1. The Morgan fingerprint density at radius 2 is 1.91 bits per heavy atom. The topological polar surface area (TPSA) is 32.3 Å². The van der Waals surface area contributed by atoms with Gasteiger partial charge in [0.2, 0.25) is 0 Å². The Hall–Kier alpha value is 0.560. The first-order valence-electron chi connectivity index (χ1n) is 7.83. The van der Waals surface area contributed by atoms with Crippen molar-refractivity contribution in [3.05, 3.63) is 41.5 Å². The SMILES string of the molecule is C[SiH](CCO)[Zr]([Cl])([Cl])([NH]C(C)(C)C)[CH]1C=Cc2ccccc21. The van der Waals surface area contributed by atoms with Gasteiger partial charge < -0.3 is 0 Å². The minimum atomic E-state index is -4.31. The average molecular weight is 439 g/mol. The van der Waals surface area contributed by atoms with Crippen LogP contribution in [0.25, 0.3) is 6.08 Å². The zero-order chi connectivity index (χ0) is 16.6. The van der Waals surface area contributed by atoms with Gasteiger partial charge in [0, 0.05) is 0 Å². The summed E-state index contributed by atoms with van der Waals surface area (Å²) in [5.41, 5.74) is 2.32. The molecule has 2 N–H and O–H groups in total. The molecule has 0 saturated heterocycles.